The second-order valence-electron chi connectivity index (χ2n) is 5.84. The van der Waals surface area contributed by atoms with Crippen molar-refractivity contribution in [2.24, 2.45) is 0 Å². The third-order valence-electron chi connectivity index (χ3n) is 3.62. The second-order valence-corrected chi connectivity index (χ2v) is 6.28. The molecule has 0 saturated carbocycles. The molecule has 6 nitrogen and oxygen atoms in total. The number of halogens is 1. The van der Waals surface area contributed by atoms with Crippen molar-refractivity contribution in [2.75, 3.05) is 22.1 Å². The Balaban J connectivity index is 2.08. The SMILES string of the molecule is CC(=O)Nc1ccc(NC(=O)CN(C(C)=O)c2ccc(Cl)cc2C)cc1. The summed E-state index contributed by atoms with van der Waals surface area (Å²) in [7, 11) is 0. The fraction of sp³-hybridized carbons (Fsp3) is 0.211. The quantitative estimate of drug-likeness (QED) is 0.840. The highest BCUT2D eigenvalue weighted by Gasteiger charge is 2.18. The van der Waals surface area contributed by atoms with Crippen molar-refractivity contribution >= 4 is 46.4 Å². The Morgan fingerprint density at radius 2 is 1.54 bits per heavy atom. The first-order valence-electron chi connectivity index (χ1n) is 7.98. The monoisotopic (exact) mass is 373 g/mol. The molecule has 0 spiro atoms. The van der Waals surface area contributed by atoms with E-state index in [-0.39, 0.29) is 24.3 Å². The lowest BCUT2D eigenvalue weighted by molar-refractivity contribution is -0.120. The van der Waals surface area contributed by atoms with Crippen LogP contribution >= 0.6 is 11.6 Å². The number of hydrogen-bond donors (Lipinski definition) is 2. The molecule has 0 atom stereocenters. The molecule has 0 saturated heterocycles. The van der Waals surface area contributed by atoms with E-state index < -0.39 is 0 Å². The Labute approximate surface area is 157 Å². The molecule has 0 fully saturated rings. The predicted octanol–water partition coefficient (Wildman–Crippen LogP) is 3.60. The molecule has 0 unspecified atom stereocenters. The zero-order valence-electron chi connectivity index (χ0n) is 14.8. The molecule has 7 heteroatoms. The number of nitrogens with one attached hydrogen (secondary N) is 2. The summed E-state index contributed by atoms with van der Waals surface area (Å²) in [6.07, 6.45) is 0. The van der Waals surface area contributed by atoms with Gasteiger partial charge in [0.25, 0.3) is 0 Å². The zero-order chi connectivity index (χ0) is 19.3. The molecule has 136 valence electrons. The van der Waals surface area contributed by atoms with E-state index in [1.165, 1.54) is 18.7 Å². The first-order chi connectivity index (χ1) is 12.3. The Hall–Kier alpha value is -2.86. The third-order valence-corrected chi connectivity index (χ3v) is 3.86. The van der Waals surface area contributed by atoms with Gasteiger partial charge in [-0.05, 0) is 55.0 Å². The van der Waals surface area contributed by atoms with Crippen LogP contribution in [0.4, 0.5) is 17.1 Å². The number of nitrogens with zero attached hydrogens (tertiary/aromatic N) is 1. The van der Waals surface area contributed by atoms with Gasteiger partial charge in [0.05, 0.1) is 0 Å². The highest BCUT2D eigenvalue weighted by Crippen LogP contribution is 2.24. The van der Waals surface area contributed by atoms with Gasteiger partial charge in [-0.25, -0.2) is 0 Å². The minimum absolute atomic E-state index is 0.120. The van der Waals surface area contributed by atoms with Crippen LogP contribution in [-0.4, -0.2) is 24.3 Å². The molecule has 0 aliphatic carbocycles. The number of aryl methyl sites for hydroxylation is 1. The van der Waals surface area contributed by atoms with Gasteiger partial charge in [-0.15, -0.1) is 0 Å². The first-order valence-corrected chi connectivity index (χ1v) is 8.36. The lowest BCUT2D eigenvalue weighted by Crippen LogP contribution is -2.37. The minimum atomic E-state index is -0.332. The Morgan fingerprint density at radius 3 is 2.04 bits per heavy atom. The standard InChI is InChI=1S/C19H20ClN3O3/c1-12-10-15(20)4-9-18(12)23(14(3)25)11-19(26)22-17-7-5-16(6-8-17)21-13(2)24/h4-10H,11H2,1-3H3,(H,21,24)(H,22,26). The maximum atomic E-state index is 12.3. The molecule has 3 amide bonds. The van der Waals surface area contributed by atoms with E-state index >= 15 is 0 Å². The largest absolute Gasteiger partial charge is 0.326 e. The van der Waals surface area contributed by atoms with Gasteiger partial charge in [-0.2, -0.15) is 0 Å². The maximum absolute atomic E-state index is 12.3. The zero-order valence-corrected chi connectivity index (χ0v) is 15.6. The molecule has 2 N–H and O–H groups in total. The number of hydrogen-bond acceptors (Lipinski definition) is 3. The highest BCUT2D eigenvalue weighted by molar-refractivity contribution is 6.30. The third kappa shape index (κ3) is 5.32. The van der Waals surface area contributed by atoms with Crippen LogP contribution in [0, 0.1) is 6.92 Å². The van der Waals surface area contributed by atoms with Crippen molar-refractivity contribution in [2.45, 2.75) is 20.8 Å². The van der Waals surface area contributed by atoms with Gasteiger partial charge in [0, 0.05) is 35.9 Å². The van der Waals surface area contributed by atoms with Gasteiger partial charge in [0.2, 0.25) is 17.7 Å². The maximum Gasteiger partial charge on any atom is 0.244 e. The van der Waals surface area contributed by atoms with Crippen LogP contribution in [0.1, 0.15) is 19.4 Å². The van der Waals surface area contributed by atoms with Crippen LogP contribution in [0.15, 0.2) is 42.5 Å². The van der Waals surface area contributed by atoms with E-state index in [1.807, 2.05) is 6.92 Å². The summed E-state index contributed by atoms with van der Waals surface area (Å²) in [6, 6.07) is 11.9. The number of benzene rings is 2. The summed E-state index contributed by atoms with van der Waals surface area (Å²) >= 11 is 5.95. The van der Waals surface area contributed by atoms with Crippen LogP contribution in [0.5, 0.6) is 0 Å². The molecular weight excluding hydrogens is 354 g/mol. The van der Waals surface area contributed by atoms with E-state index in [2.05, 4.69) is 10.6 Å². The van der Waals surface area contributed by atoms with Gasteiger partial charge < -0.3 is 15.5 Å². The van der Waals surface area contributed by atoms with Gasteiger partial charge in [0.15, 0.2) is 0 Å². The fourth-order valence-corrected chi connectivity index (χ4v) is 2.70. The van der Waals surface area contributed by atoms with Crippen molar-refractivity contribution in [3.05, 3.63) is 53.1 Å². The van der Waals surface area contributed by atoms with Gasteiger partial charge >= 0.3 is 0 Å². The van der Waals surface area contributed by atoms with Gasteiger partial charge in [-0.1, -0.05) is 11.6 Å². The molecule has 0 aliphatic rings. The molecule has 0 heterocycles. The number of carbonyl (C=O) groups excluding carboxylic acids is 3. The van der Waals surface area contributed by atoms with Crippen LogP contribution in [0.2, 0.25) is 5.02 Å². The Morgan fingerprint density at radius 1 is 0.962 bits per heavy atom. The molecule has 0 bridgehead atoms. The summed E-state index contributed by atoms with van der Waals surface area (Å²) in [6.45, 7) is 4.54. The predicted molar refractivity (Wildman–Crippen MR) is 104 cm³/mol. The van der Waals surface area contributed by atoms with Crippen LogP contribution in [0.3, 0.4) is 0 Å². The number of rotatable bonds is 5. The van der Waals surface area contributed by atoms with E-state index in [1.54, 1.807) is 42.5 Å². The second kappa shape index (κ2) is 8.49. The molecule has 0 radical (unpaired) electrons. The normalized spacial score (nSPS) is 10.2. The summed E-state index contributed by atoms with van der Waals surface area (Å²) in [5.41, 5.74) is 2.65. The molecule has 2 rings (SSSR count). The minimum Gasteiger partial charge on any atom is -0.326 e. The number of anilines is 3. The highest BCUT2D eigenvalue weighted by atomic mass is 35.5. The van der Waals surface area contributed by atoms with E-state index in [4.69, 9.17) is 11.6 Å². The molecule has 26 heavy (non-hydrogen) atoms. The first kappa shape index (κ1) is 19.5. The van der Waals surface area contributed by atoms with Gasteiger partial charge in [0.1, 0.15) is 6.54 Å². The van der Waals surface area contributed by atoms with Crippen molar-refractivity contribution < 1.29 is 14.4 Å². The van der Waals surface area contributed by atoms with Crippen LogP contribution < -0.4 is 15.5 Å². The number of carbonyl (C=O) groups is 3. The van der Waals surface area contributed by atoms with E-state index in [9.17, 15) is 14.4 Å². The lowest BCUT2D eigenvalue weighted by Gasteiger charge is -2.22. The Kier molecular flexibility index (Phi) is 6.36. The van der Waals surface area contributed by atoms with Crippen molar-refractivity contribution in [1.82, 2.24) is 0 Å². The summed E-state index contributed by atoms with van der Waals surface area (Å²) in [4.78, 5) is 36.7. The van der Waals surface area contributed by atoms with Crippen molar-refractivity contribution in [1.29, 1.82) is 0 Å². The summed E-state index contributed by atoms with van der Waals surface area (Å²) < 4.78 is 0. The van der Waals surface area contributed by atoms with Crippen molar-refractivity contribution in [3.63, 3.8) is 0 Å². The summed E-state index contributed by atoms with van der Waals surface area (Å²) in [5.74, 6) is -0.745. The fourth-order valence-electron chi connectivity index (χ4n) is 2.47. The average Bonchev–Trinajstić information content (AvgIpc) is 2.54. The topological polar surface area (TPSA) is 78.5 Å². The van der Waals surface area contributed by atoms with Crippen molar-refractivity contribution in [3.8, 4) is 0 Å². The smallest absolute Gasteiger partial charge is 0.244 e. The van der Waals surface area contributed by atoms with Gasteiger partial charge in [-0.3, -0.25) is 14.4 Å². The molecular formula is C19H20ClN3O3. The van der Waals surface area contributed by atoms with E-state index in [0.29, 0.717) is 22.1 Å². The average molecular weight is 374 g/mol. The van der Waals surface area contributed by atoms with Crippen LogP contribution in [-0.2, 0) is 14.4 Å². The lowest BCUT2D eigenvalue weighted by atomic mass is 10.1. The Bertz CT molecular complexity index is 834. The molecule has 0 aromatic heterocycles. The number of amides is 3. The summed E-state index contributed by atoms with van der Waals surface area (Å²) in [5, 5.41) is 5.95. The van der Waals surface area contributed by atoms with E-state index in [0.717, 1.165) is 5.56 Å². The molecule has 2 aromatic rings. The van der Waals surface area contributed by atoms with Crippen LogP contribution in [0.25, 0.3) is 0 Å². The molecule has 2 aromatic carbocycles. The molecule has 0 aliphatic heterocycles.